The average Bonchev–Trinajstić information content (AvgIpc) is 3.28. The SMILES string of the molecule is CCCCOC(=O)c1ccc(C=C(C)C=CC23CC2(C)CCCC3(C)C)cc1. The Morgan fingerprint density at radius 3 is 2.50 bits per heavy atom. The van der Waals surface area contributed by atoms with E-state index in [0.717, 1.165) is 18.4 Å². The van der Waals surface area contributed by atoms with E-state index in [0.29, 0.717) is 28.4 Å². The molecule has 2 saturated carbocycles. The highest BCUT2D eigenvalue weighted by atomic mass is 16.5. The summed E-state index contributed by atoms with van der Waals surface area (Å²) in [6, 6.07) is 7.71. The van der Waals surface area contributed by atoms with Crippen LogP contribution < -0.4 is 0 Å². The summed E-state index contributed by atoms with van der Waals surface area (Å²) in [5.74, 6) is -0.229. The molecule has 152 valence electrons. The zero-order valence-electron chi connectivity index (χ0n) is 18.3. The molecule has 0 N–H and O–H groups in total. The van der Waals surface area contributed by atoms with Crippen LogP contribution in [0.15, 0.2) is 42.0 Å². The molecule has 2 aliphatic carbocycles. The first-order chi connectivity index (χ1) is 13.2. The molecule has 0 heterocycles. The van der Waals surface area contributed by atoms with Crippen molar-refractivity contribution in [1.82, 2.24) is 0 Å². The summed E-state index contributed by atoms with van der Waals surface area (Å²) in [5.41, 5.74) is 4.23. The van der Waals surface area contributed by atoms with Crippen molar-refractivity contribution in [3.05, 3.63) is 53.1 Å². The summed E-state index contributed by atoms with van der Waals surface area (Å²) in [5, 5.41) is 0. The number of unbranched alkanes of at least 4 members (excludes halogenated alkanes) is 1. The van der Waals surface area contributed by atoms with Gasteiger partial charge in [0, 0.05) is 0 Å². The second kappa shape index (κ2) is 7.89. The van der Waals surface area contributed by atoms with Gasteiger partial charge in [0.1, 0.15) is 0 Å². The van der Waals surface area contributed by atoms with Crippen molar-refractivity contribution in [2.75, 3.05) is 6.61 Å². The van der Waals surface area contributed by atoms with Gasteiger partial charge in [-0.3, -0.25) is 0 Å². The van der Waals surface area contributed by atoms with Gasteiger partial charge < -0.3 is 4.74 Å². The topological polar surface area (TPSA) is 26.3 Å². The Labute approximate surface area is 171 Å². The van der Waals surface area contributed by atoms with Crippen LogP contribution in [0.5, 0.6) is 0 Å². The number of carbonyl (C=O) groups excluding carboxylic acids is 1. The van der Waals surface area contributed by atoms with Crippen LogP contribution in [0.4, 0.5) is 0 Å². The van der Waals surface area contributed by atoms with Crippen LogP contribution >= 0.6 is 0 Å². The Hall–Kier alpha value is -1.83. The maximum atomic E-state index is 12.0. The highest BCUT2D eigenvalue weighted by Crippen LogP contribution is 2.78. The van der Waals surface area contributed by atoms with Crippen molar-refractivity contribution in [3.63, 3.8) is 0 Å². The number of hydrogen-bond donors (Lipinski definition) is 0. The van der Waals surface area contributed by atoms with Crippen molar-refractivity contribution in [2.24, 2.45) is 16.2 Å². The lowest BCUT2D eigenvalue weighted by Crippen LogP contribution is -2.32. The molecular weight excluding hydrogens is 344 g/mol. The average molecular weight is 381 g/mol. The molecule has 2 aliphatic rings. The smallest absolute Gasteiger partial charge is 0.338 e. The van der Waals surface area contributed by atoms with Crippen LogP contribution in [0, 0.1) is 16.2 Å². The standard InChI is InChI=1S/C26H36O2/c1-6-7-17-28-23(27)22-11-9-21(10-12-22)18-20(2)13-16-26-19-25(26,5)15-8-14-24(26,3)4/h9-13,16,18H,6-8,14-15,17,19H2,1-5H3. The minimum Gasteiger partial charge on any atom is -0.462 e. The van der Waals surface area contributed by atoms with E-state index in [1.807, 2.05) is 24.3 Å². The first kappa shape index (κ1) is 20.9. The third-order valence-electron chi connectivity index (χ3n) is 7.26. The Kier molecular flexibility index (Phi) is 5.89. The number of benzene rings is 1. The molecular formula is C26H36O2. The van der Waals surface area contributed by atoms with E-state index in [-0.39, 0.29) is 5.97 Å². The second-order valence-corrected chi connectivity index (χ2v) is 9.78. The van der Waals surface area contributed by atoms with E-state index in [4.69, 9.17) is 4.74 Å². The lowest BCUT2D eigenvalue weighted by molar-refractivity contribution is 0.0499. The van der Waals surface area contributed by atoms with E-state index in [2.05, 4.69) is 52.8 Å². The molecule has 1 aromatic carbocycles. The molecule has 2 nitrogen and oxygen atoms in total. The quantitative estimate of drug-likeness (QED) is 0.284. The third kappa shape index (κ3) is 3.97. The van der Waals surface area contributed by atoms with Crippen molar-refractivity contribution in [2.45, 2.75) is 73.1 Å². The summed E-state index contributed by atoms with van der Waals surface area (Å²) < 4.78 is 5.27. The van der Waals surface area contributed by atoms with E-state index in [1.165, 1.54) is 31.3 Å². The number of fused-ring (bicyclic) bond motifs is 1. The van der Waals surface area contributed by atoms with Crippen molar-refractivity contribution >= 4 is 12.0 Å². The van der Waals surface area contributed by atoms with Gasteiger partial charge in [0.2, 0.25) is 0 Å². The van der Waals surface area contributed by atoms with E-state index in [1.54, 1.807) is 0 Å². The molecule has 0 aromatic heterocycles. The van der Waals surface area contributed by atoms with Gasteiger partial charge in [0.25, 0.3) is 0 Å². The number of hydrogen-bond acceptors (Lipinski definition) is 2. The van der Waals surface area contributed by atoms with Gasteiger partial charge in [-0.25, -0.2) is 4.79 Å². The summed E-state index contributed by atoms with van der Waals surface area (Å²) >= 11 is 0. The summed E-state index contributed by atoms with van der Waals surface area (Å²) in [7, 11) is 0. The molecule has 1 aromatic rings. The van der Waals surface area contributed by atoms with E-state index >= 15 is 0 Å². The highest BCUT2D eigenvalue weighted by Gasteiger charge is 2.69. The molecule has 0 saturated heterocycles. The largest absolute Gasteiger partial charge is 0.462 e. The van der Waals surface area contributed by atoms with Crippen molar-refractivity contribution < 1.29 is 9.53 Å². The highest BCUT2D eigenvalue weighted by molar-refractivity contribution is 5.89. The van der Waals surface area contributed by atoms with E-state index in [9.17, 15) is 4.79 Å². The van der Waals surface area contributed by atoms with Crippen LogP contribution in [0.3, 0.4) is 0 Å². The van der Waals surface area contributed by atoms with Gasteiger partial charge in [-0.05, 0) is 66.5 Å². The second-order valence-electron chi connectivity index (χ2n) is 9.78. The lowest BCUT2D eigenvalue weighted by atomic mass is 9.63. The normalized spacial score (nSPS) is 28.8. The predicted molar refractivity (Wildman–Crippen MR) is 117 cm³/mol. The molecule has 2 heteroatoms. The lowest BCUT2D eigenvalue weighted by Gasteiger charge is -2.41. The number of ether oxygens (including phenoxy) is 1. The molecule has 0 bridgehead atoms. The fourth-order valence-corrected chi connectivity index (χ4v) is 5.26. The number of carbonyl (C=O) groups is 1. The number of allylic oxidation sites excluding steroid dienone is 3. The van der Waals surface area contributed by atoms with Crippen LogP contribution in [0.2, 0.25) is 0 Å². The number of rotatable bonds is 7. The Morgan fingerprint density at radius 1 is 1.14 bits per heavy atom. The molecule has 0 spiro atoms. The zero-order chi connectivity index (χ0) is 20.4. The predicted octanol–water partition coefficient (Wildman–Crippen LogP) is 7.21. The molecule has 0 aliphatic heterocycles. The van der Waals surface area contributed by atoms with E-state index < -0.39 is 0 Å². The Bertz CT molecular complexity index is 768. The Balaban J connectivity index is 1.66. The van der Waals surface area contributed by atoms with Crippen LogP contribution in [0.25, 0.3) is 6.08 Å². The first-order valence-electron chi connectivity index (χ1n) is 10.9. The minimum atomic E-state index is -0.229. The summed E-state index contributed by atoms with van der Waals surface area (Å²) in [6.07, 6.45) is 14.3. The van der Waals surface area contributed by atoms with Crippen molar-refractivity contribution in [1.29, 1.82) is 0 Å². The molecule has 28 heavy (non-hydrogen) atoms. The number of esters is 1. The van der Waals surface area contributed by atoms with Gasteiger partial charge in [0.15, 0.2) is 0 Å². The fourth-order valence-electron chi connectivity index (χ4n) is 5.26. The van der Waals surface area contributed by atoms with Gasteiger partial charge >= 0.3 is 5.97 Å². The maximum Gasteiger partial charge on any atom is 0.338 e. The molecule has 2 unspecified atom stereocenters. The summed E-state index contributed by atoms with van der Waals surface area (Å²) in [6.45, 7) is 12.1. The van der Waals surface area contributed by atoms with Gasteiger partial charge in [0.05, 0.1) is 12.2 Å². The van der Waals surface area contributed by atoms with Crippen LogP contribution in [-0.4, -0.2) is 12.6 Å². The summed E-state index contributed by atoms with van der Waals surface area (Å²) in [4.78, 5) is 12.0. The van der Waals surface area contributed by atoms with Crippen LogP contribution in [0.1, 0.15) is 89.1 Å². The molecule has 0 amide bonds. The van der Waals surface area contributed by atoms with Crippen LogP contribution in [-0.2, 0) is 4.74 Å². The molecule has 2 fully saturated rings. The monoisotopic (exact) mass is 380 g/mol. The van der Waals surface area contributed by atoms with Gasteiger partial charge in [-0.1, -0.05) is 76.5 Å². The molecule has 3 rings (SSSR count). The van der Waals surface area contributed by atoms with Gasteiger partial charge in [-0.2, -0.15) is 0 Å². The zero-order valence-corrected chi connectivity index (χ0v) is 18.3. The first-order valence-corrected chi connectivity index (χ1v) is 10.9. The Morgan fingerprint density at radius 2 is 1.86 bits per heavy atom. The third-order valence-corrected chi connectivity index (χ3v) is 7.26. The minimum absolute atomic E-state index is 0.229. The van der Waals surface area contributed by atoms with Gasteiger partial charge in [-0.15, -0.1) is 0 Å². The fraction of sp³-hybridized carbons (Fsp3) is 0.577. The molecule has 0 radical (unpaired) electrons. The molecule has 2 atom stereocenters. The van der Waals surface area contributed by atoms with Crippen molar-refractivity contribution in [3.8, 4) is 0 Å². The maximum absolute atomic E-state index is 12.0.